The molecule has 1 rings (SSSR count). The predicted molar refractivity (Wildman–Crippen MR) is 49.0 cm³/mol. The van der Waals surface area contributed by atoms with E-state index in [2.05, 4.69) is 37.9 Å². The lowest BCUT2D eigenvalue weighted by Crippen LogP contribution is -1.98. The Hall–Kier alpha value is -0.390. The van der Waals surface area contributed by atoms with E-state index in [0.717, 1.165) is 9.26 Å². The normalized spacial score (nSPS) is 9.50. The third kappa shape index (κ3) is 1.56. The molecule has 1 heterocycles. The van der Waals surface area contributed by atoms with Crippen LogP contribution in [0.1, 0.15) is 5.69 Å². The van der Waals surface area contributed by atoms with E-state index in [-0.39, 0.29) is 0 Å². The van der Waals surface area contributed by atoms with Crippen LogP contribution in [0.3, 0.4) is 0 Å². The molecule has 3 nitrogen and oxygen atoms in total. The van der Waals surface area contributed by atoms with Gasteiger partial charge < -0.3 is 5.32 Å². The highest BCUT2D eigenvalue weighted by Gasteiger charge is 1.96. The first kappa shape index (κ1) is 7.71. The number of nitrogens with one attached hydrogen (secondary N) is 1. The van der Waals surface area contributed by atoms with E-state index in [1.54, 1.807) is 6.20 Å². The molecule has 0 bridgehead atoms. The largest absolute Gasteiger partial charge is 0.357 e. The Bertz CT molecular complexity index is 236. The van der Waals surface area contributed by atoms with Gasteiger partial charge in [0.15, 0.2) is 0 Å². The molecule has 0 unspecified atom stereocenters. The van der Waals surface area contributed by atoms with Gasteiger partial charge >= 0.3 is 0 Å². The van der Waals surface area contributed by atoms with E-state index in [1.807, 2.05) is 14.0 Å². The van der Waals surface area contributed by atoms with Crippen molar-refractivity contribution in [2.45, 2.75) is 6.92 Å². The summed E-state index contributed by atoms with van der Waals surface area (Å²) in [4.78, 5) is 8.19. The molecule has 0 saturated heterocycles. The van der Waals surface area contributed by atoms with Crippen LogP contribution in [0.5, 0.6) is 0 Å². The number of hydrogen-bond acceptors (Lipinski definition) is 3. The average Bonchev–Trinajstić information content (AvgIpc) is 1.95. The van der Waals surface area contributed by atoms with Crippen LogP contribution in [0.2, 0.25) is 0 Å². The highest BCUT2D eigenvalue weighted by molar-refractivity contribution is 14.1. The molecule has 0 aliphatic rings. The number of nitrogens with zero attached hydrogens (tertiary/aromatic N) is 2. The Labute approximate surface area is 73.4 Å². The minimum atomic E-state index is 0.679. The Morgan fingerprint density at radius 1 is 1.60 bits per heavy atom. The average molecular weight is 249 g/mol. The SMILES string of the molecule is CNc1ncc(I)c(C)n1. The maximum atomic E-state index is 4.16. The van der Waals surface area contributed by atoms with E-state index in [0.29, 0.717) is 5.95 Å². The zero-order valence-corrected chi connectivity index (χ0v) is 8.01. The molecule has 0 radical (unpaired) electrons. The van der Waals surface area contributed by atoms with Gasteiger partial charge in [0.05, 0.1) is 9.26 Å². The molecule has 1 aromatic rings. The molecule has 4 heteroatoms. The molecule has 0 aromatic carbocycles. The summed E-state index contributed by atoms with van der Waals surface area (Å²) in [7, 11) is 1.81. The van der Waals surface area contributed by atoms with Gasteiger partial charge in [0.1, 0.15) is 0 Å². The van der Waals surface area contributed by atoms with Gasteiger partial charge in [-0.3, -0.25) is 0 Å². The van der Waals surface area contributed by atoms with Gasteiger partial charge in [-0.2, -0.15) is 0 Å². The highest BCUT2D eigenvalue weighted by atomic mass is 127. The maximum Gasteiger partial charge on any atom is 0.222 e. The summed E-state index contributed by atoms with van der Waals surface area (Å²) in [6.07, 6.45) is 1.80. The quantitative estimate of drug-likeness (QED) is 0.765. The topological polar surface area (TPSA) is 37.8 Å². The first-order chi connectivity index (χ1) is 4.74. The van der Waals surface area contributed by atoms with E-state index < -0.39 is 0 Å². The summed E-state index contributed by atoms with van der Waals surface area (Å²) in [5.41, 5.74) is 1.01. The molecular formula is C6H8IN3. The molecule has 0 atom stereocenters. The monoisotopic (exact) mass is 249 g/mol. The fourth-order valence-corrected chi connectivity index (χ4v) is 0.833. The van der Waals surface area contributed by atoms with Crippen molar-refractivity contribution in [3.63, 3.8) is 0 Å². The summed E-state index contributed by atoms with van der Waals surface area (Å²) in [5.74, 6) is 0.679. The molecule has 0 aliphatic carbocycles. The Kier molecular flexibility index (Phi) is 2.42. The Morgan fingerprint density at radius 2 is 2.30 bits per heavy atom. The second-order valence-electron chi connectivity index (χ2n) is 1.88. The number of halogens is 1. The maximum absolute atomic E-state index is 4.16. The number of anilines is 1. The van der Waals surface area contributed by atoms with Crippen LogP contribution >= 0.6 is 22.6 Å². The molecule has 0 amide bonds. The van der Waals surface area contributed by atoms with Crippen LogP contribution in [0.25, 0.3) is 0 Å². The van der Waals surface area contributed by atoms with Crippen molar-refractivity contribution in [1.29, 1.82) is 0 Å². The van der Waals surface area contributed by atoms with Gasteiger partial charge in [-0.15, -0.1) is 0 Å². The van der Waals surface area contributed by atoms with Gasteiger partial charge in [-0.1, -0.05) is 0 Å². The summed E-state index contributed by atoms with van der Waals surface area (Å²) < 4.78 is 1.09. The van der Waals surface area contributed by atoms with Crippen molar-refractivity contribution in [2.24, 2.45) is 0 Å². The van der Waals surface area contributed by atoms with Crippen molar-refractivity contribution in [1.82, 2.24) is 9.97 Å². The number of aryl methyl sites for hydroxylation is 1. The second kappa shape index (κ2) is 3.14. The third-order valence-electron chi connectivity index (χ3n) is 1.14. The molecule has 1 N–H and O–H groups in total. The molecular weight excluding hydrogens is 241 g/mol. The Balaban J connectivity index is 3.04. The van der Waals surface area contributed by atoms with Gasteiger partial charge in [0, 0.05) is 13.2 Å². The molecule has 0 saturated carbocycles. The second-order valence-corrected chi connectivity index (χ2v) is 3.04. The molecule has 10 heavy (non-hydrogen) atoms. The summed E-state index contributed by atoms with van der Waals surface area (Å²) in [6.45, 7) is 1.96. The molecule has 1 aromatic heterocycles. The van der Waals surface area contributed by atoms with Crippen molar-refractivity contribution in [3.05, 3.63) is 15.5 Å². The van der Waals surface area contributed by atoms with Crippen LogP contribution < -0.4 is 5.32 Å². The summed E-state index contributed by atoms with van der Waals surface area (Å²) in [5, 5.41) is 2.87. The summed E-state index contributed by atoms with van der Waals surface area (Å²) in [6, 6.07) is 0. The van der Waals surface area contributed by atoms with Crippen molar-refractivity contribution in [2.75, 3.05) is 12.4 Å². The minimum absolute atomic E-state index is 0.679. The zero-order chi connectivity index (χ0) is 7.56. The lowest BCUT2D eigenvalue weighted by molar-refractivity contribution is 1.08. The van der Waals surface area contributed by atoms with Crippen molar-refractivity contribution >= 4 is 28.5 Å². The lowest BCUT2D eigenvalue weighted by Gasteiger charge is -1.99. The van der Waals surface area contributed by atoms with E-state index in [9.17, 15) is 0 Å². The number of rotatable bonds is 1. The van der Waals surface area contributed by atoms with Crippen LogP contribution in [-0.4, -0.2) is 17.0 Å². The Morgan fingerprint density at radius 3 is 2.80 bits per heavy atom. The smallest absolute Gasteiger partial charge is 0.222 e. The molecule has 0 spiro atoms. The van der Waals surface area contributed by atoms with E-state index >= 15 is 0 Å². The highest BCUT2D eigenvalue weighted by Crippen LogP contribution is 2.08. The molecule has 54 valence electrons. The minimum Gasteiger partial charge on any atom is -0.357 e. The zero-order valence-electron chi connectivity index (χ0n) is 5.85. The fourth-order valence-electron chi connectivity index (χ4n) is 0.573. The van der Waals surface area contributed by atoms with Crippen LogP contribution in [0.4, 0.5) is 5.95 Å². The van der Waals surface area contributed by atoms with Crippen LogP contribution in [0.15, 0.2) is 6.20 Å². The van der Waals surface area contributed by atoms with E-state index in [1.165, 1.54) is 0 Å². The van der Waals surface area contributed by atoms with Crippen LogP contribution in [-0.2, 0) is 0 Å². The lowest BCUT2D eigenvalue weighted by atomic mass is 10.5. The van der Waals surface area contributed by atoms with E-state index in [4.69, 9.17) is 0 Å². The third-order valence-corrected chi connectivity index (χ3v) is 2.20. The molecule has 0 fully saturated rings. The number of hydrogen-bond donors (Lipinski definition) is 1. The summed E-state index contributed by atoms with van der Waals surface area (Å²) >= 11 is 2.20. The number of aromatic nitrogens is 2. The predicted octanol–water partition coefficient (Wildman–Crippen LogP) is 1.43. The van der Waals surface area contributed by atoms with Gasteiger partial charge in [-0.25, -0.2) is 9.97 Å². The molecule has 0 aliphatic heterocycles. The van der Waals surface area contributed by atoms with Crippen LogP contribution in [0, 0.1) is 10.5 Å². The standard InChI is InChI=1S/C6H8IN3/c1-4-5(7)3-9-6(8-2)10-4/h3H,1-2H3,(H,8,9,10). The first-order valence-electron chi connectivity index (χ1n) is 2.91. The van der Waals surface area contributed by atoms with Crippen molar-refractivity contribution in [3.8, 4) is 0 Å². The fraction of sp³-hybridized carbons (Fsp3) is 0.333. The van der Waals surface area contributed by atoms with Crippen molar-refractivity contribution < 1.29 is 0 Å². The first-order valence-corrected chi connectivity index (χ1v) is 3.99. The van der Waals surface area contributed by atoms with Gasteiger partial charge in [0.2, 0.25) is 5.95 Å². The van der Waals surface area contributed by atoms with Gasteiger partial charge in [-0.05, 0) is 29.5 Å². The van der Waals surface area contributed by atoms with Gasteiger partial charge in [0.25, 0.3) is 0 Å².